The van der Waals surface area contributed by atoms with Gasteiger partial charge >= 0.3 is 0 Å². The molecule has 7 nitrogen and oxygen atoms in total. The van der Waals surface area contributed by atoms with Crippen molar-refractivity contribution in [2.24, 2.45) is 5.92 Å². The van der Waals surface area contributed by atoms with E-state index in [0.29, 0.717) is 24.8 Å². The number of ether oxygens (including phenoxy) is 1. The lowest BCUT2D eigenvalue weighted by molar-refractivity contribution is -0.140. The van der Waals surface area contributed by atoms with Gasteiger partial charge < -0.3 is 19.1 Å². The number of aromatic nitrogens is 2. The van der Waals surface area contributed by atoms with Crippen LogP contribution in [0.5, 0.6) is 0 Å². The second-order valence-corrected chi connectivity index (χ2v) is 8.51. The first-order chi connectivity index (χ1) is 14.1. The van der Waals surface area contributed by atoms with Gasteiger partial charge in [-0.15, -0.1) is 0 Å². The van der Waals surface area contributed by atoms with E-state index in [2.05, 4.69) is 9.55 Å². The molecule has 29 heavy (non-hydrogen) atoms. The van der Waals surface area contributed by atoms with E-state index >= 15 is 0 Å². The minimum absolute atomic E-state index is 0.0252. The van der Waals surface area contributed by atoms with Gasteiger partial charge in [0.05, 0.1) is 0 Å². The number of methoxy groups -OCH3 is 1. The lowest BCUT2D eigenvalue weighted by Crippen LogP contribution is -2.50. The quantitative estimate of drug-likeness (QED) is 0.668. The highest BCUT2D eigenvalue weighted by molar-refractivity contribution is 5.78. The van der Waals surface area contributed by atoms with Crippen molar-refractivity contribution in [2.75, 3.05) is 33.4 Å². The molecule has 2 fully saturated rings. The lowest BCUT2D eigenvalue weighted by Gasteiger charge is -2.39. The van der Waals surface area contributed by atoms with Crippen molar-refractivity contribution in [3.8, 4) is 0 Å². The van der Waals surface area contributed by atoms with Crippen LogP contribution in [-0.2, 0) is 20.9 Å². The number of imidazole rings is 1. The number of hydrogen-bond acceptors (Lipinski definition) is 4. The normalized spacial score (nSPS) is 18.8. The monoisotopic (exact) mass is 404 g/mol. The Morgan fingerprint density at radius 2 is 1.90 bits per heavy atom. The number of carbonyl (C=O) groups is 2. The summed E-state index contributed by atoms with van der Waals surface area (Å²) in [7, 11) is 1.56. The first-order valence-corrected chi connectivity index (χ1v) is 11.1. The van der Waals surface area contributed by atoms with Crippen molar-refractivity contribution < 1.29 is 14.3 Å². The maximum Gasteiger partial charge on any atom is 0.248 e. The summed E-state index contributed by atoms with van der Waals surface area (Å²) in [6, 6.07) is 0.167. The minimum atomic E-state index is 0.0252. The summed E-state index contributed by atoms with van der Waals surface area (Å²) in [4.78, 5) is 33.6. The highest BCUT2D eigenvalue weighted by Crippen LogP contribution is 2.27. The number of nitrogens with zero attached hydrogens (tertiary/aromatic N) is 4. The summed E-state index contributed by atoms with van der Waals surface area (Å²) >= 11 is 0. The fraction of sp³-hybridized carbons (Fsp3) is 0.773. The maximum absolute atomic E-state index is 12.7. The zero-order valence-electron chi connectivity index (χ0n) is 18.0. The van der Waals surface area contributed by atoms with E-state index in [0.717, 1.165) is 38.3 Å². The predicted molar refractivity (Wildman–Crippen MR) is 111 cm³/mol. The Morgan fingerprint density at radius 3 is 2.52 bits per heavy atom. The van der Waals surface area contributed by atoms with E-state index in [1.807, 2.05) is 22.9 Å². The summed E-state index contributed by atoms with van der Waals surface area (Å²) in [6.07, 6.45) is 12.4. The Morgan fingerprint density at radius 1 is 1.17 bits per heavy atom. The van der Waals surface area contributed by atoms with Crippen LogP contribution in [0.4, 0.5) is 0 Å². The summed E-state index contributed by atoms with van der Waals surface area (Å²) in [6.45, 7) is 4.93. The molecule has 1 aromatic heterocycles. The highest BCUT2D eigenvalue weighted by atomic mass is 16.5. The molecule has 0 spiro atoms. The molecule has 2 aliphatic rings. The Bertz CT molecular complexity index is 661. The Kier molecular flexibility index (Phi) is 8.09. The molecule has 1 aromatic rings. The van der Waals surface area contributed by atoms with E-state index in [1.54, 1.807) is 13.3 Å². The van der Waals surface area contributed by atoms with Gasteiger partial charge in [0, 0.05) is 58.1 Å². The molecule has 2 heterocycles. The van der Waals surface area contributed by atoms with Crippen molar-refractivity contribution in [1.29, 1.82) is 0 Å². The van der Waals surface area contributed by atoms with Gasteiger partial charge in [-0.1, -0.05) is 19.3 Å². The van der Waals surface area contributed by atoms with Gasteiger partial charge in [0.15, 0.2) is 0 Å². The van der Waals surface area contributed by atoms with Crippen LogP contribution in [0.1, 0.15) is 57.2 Å². The van der Waals surface area contributed by atoms with Gasteiger partial charge in [-0.05, 0) is 38.5 Å². The molecule has 0 unspecified atom stereocenters. The summed E-state index contributed by atoms with van der Waals surface area (Å²) in [5, 5.41) is 0. The molecule has 1 aliphatic heterocycles. The molecular weight excluding hydrogens is 368 g/mol. The second-order valence-electron chi connectivity index (χ2n) is 8.51. The Hall–Kier alpha value is -1.89. The maximum atomic E-state index is 12.7. The van der Waals surface area contributed by atoms with Crippen LogP contribution >= 0.6 is 0 Å². The summed E-state index contributed by atoms with van der Waals surface area (Å²) in [5.74, 6) is 1.86. The van der Waals surface area contributed by atoms with Crippen molar-refractivity contribution in [3.63, 3.8) is 0 Å². The molecule has 0 aromatic carbocycles. The largest absolute Gasteiger partial charge is 0.375 e. The van der Waals surface area contributed by atoms with Crippen LogP contribution in [0.2, 0.25) is 0 Å². The third-order valence-electron chi connectivity index (χ3n) is 6.54. The molecular formula is C22H36N4O3. The zero-order valence-corrected chi connectivity index (χ0v) is 18.0. The van der Waals surface area contributed by atoms with Crippen LogP contribution in [0, 0.1) is 12.8 Å². The number of carbonyl (C=O) groups excluding carboxylic acids is 2. The molecule has 1 saturated carbocycles. The number of hydrogen-bond donors (Lipinski definition) is 0. The number of likely N-dealkylation sites (tertiary alicyclic amines) is 1. The van der Waals surface area contributed by atoms with Gasteiger partial charge in [0.2, 0.25) is 11.8 Å². The van der Waals surface area contributed by atoms with Gasteiger partial charge in [0.1, 0.15) is 12.4 Å². The molecule has 1 saturated heterocycles. The molecule has 7 heteroatoms. The fourth-order valence-corrected chi connectivity index (χ4v) is 4.77. The highest BCUT2D eigenvalue weighted by Gasteiger charge is 2.30. The predicted octanol–water partition coefficient (Wildman–Crippen LogP) is 2.63. The number of amides is 2. The number of rotatable bonds is 8. The Labute approximate surface area is 174 Å². The lowest BCUT2D eigenvalue weighted by atomic mass is 9.86. The number of aryl methyl sites for hydroxylation is 1. The molecule has 1 aliphatic carbocycles. The average molecular weight is 405 g/mol. The van der Waals surface area contributed by atoms with Crippen LogP contribution in [-0.4, -0.2) is 70.6 Å². The van der Waals surface area contributed by atoms with Gasteiger partial charge in [-0.25, -0.2) is 4.98 Å². The number of piperidine rings is 1. The average Bonchev–Trinajstić information content (AvgIpc) is 3.14. The SMILES string of the molecule is COCC(=O)N(CCn1ccnc1C)C1CCN(C(=O)CC2CCCCC2)CC1. The van der Waals surface area contributed by atoms with E-state index < -0.39 is 0 Å². The third kappa shape index (κ3) is 6.04. The molecule has 2 amide bonds. The minimum Gasteiger partial charge on any atom is -0.375 e. The summed E-state index contributed by atoms with van der Waals surface area (Å²) < 4.78 is 7.17. The third-order valence-corrected chi connectivity index (χ3v) is 6.54. The van der Waals surface area contributed by atoms with Gasteiger partial charge in [-0.2, -0.15) is 0 Å². The molecule has 0 N–H and O–H groups in total. The van der Waals surface area contributed by atoms with Crippen LogP contribution in [0.15, 0.2) is 12.4 Å². The van der Waals surface area contributed by atoms with Crippen LogP contribution in [0.25, 0.3) is 0 Å². The zero-order chi connectivity index (χ0) is 20.6. The first-order valence-electron chi connectivity index (χ1n) is 11.1. The van der Waals surface area contributed by atoms with E-state index in [-0.39, 0.29) is 18.6 Å². The molecule has 162 valence electrons. The molecule has 0 atom stereocenters. The topological polar surface area (TPSA) is 67.7 Å². The van der Waals surface area contributed by atoms with E-state index in [4.69, 9.17) is 4.74 Å². The van der Waals surface area contributed by atoms with Crippen LogP contribution in [0.3, 0.4) is 0 Å². The second kappa shape index (κ2) is 10.8. The standard InChI is InChI=1S/C22H36N4O3/c1-18-23-10-13-24(18)14-15-26(22(28)17-29-2)20-8-11-25(12-9-20)21(27)16-19-6-4-3-5-7-19/h10,13,19-20H,3-9,11-12,14-17H2,1-2H3. The van der Waals surface area contributed by atoms with Crippen molar-refractivity contribution >= 4 is 11.8 Å². The fourth-order valence-electron chi connectivity index (χ4n) is 4.77. The smallest absolute Gasteiger partial charge is 0.248 e. The Balaban J connectivity index is 1.52. The summed E-state index contributed by atoms with van der Waals surface area (Å²) in [5.41, 5.74) is 0. The molecule has 3 rings (SSSR count). The van der Waals surface area contributed by atoms with Gasteiger partial charge in [-0.3, -0.25) is 9.59 Å². The molecule has 0 radical (unpaired) electrons. The van der Waals surface area contributed by atoms with Crippen molar-refractivity contribution in [1.82, 2.24) is 19.4 Å². The van der Waals surface area contributed by atoms with Crippen molar-refractivity contribution in [2.45, 2.75) is 70.9 Å². The van der Waals surface area contributed by atoms with Crippen molar-refractivity contribution in [3.05, 3.63) is 18.2 Å². The van der Waals surface area contributed by atoms with Gasteiger partial charge in [0.25, 0.3) is 0 Å². The first kappa shape index (κ1) is 21.8. The van der Waals surface area contributed by atoms with Crippen LogP contribution < -0.4 is 0 Å². The van der Waals surface area contributed by atoms with E-state index in [9.17, 15) is 9.59 Å². The van der Waals surface area contributed by atoms with E-state index in [1.165, 1.54) is 32.1 Å². The molecule has 0 bridgehead atoms.